The summed E-state index contributed by atoms with van der Waals surface area (Å²) in [6, 6.07) is 4.85. The van der Waals surface area contributed by atoms with E-state index in [9.17, 15) is 10.1 Å². The summed E-state index contributed by atoms with van der Waals surface area (Å²) in [4.78, 5) is 9.99. The minimum Gasteiger partial charge on any atom is -0.360 e. The number of rotatable bonds is 3. The molecule has 9 heteroatoms. The zero-order valence-electron chi connectivity index (χ0n) is 8.35. The number of hydrogen-bond donors (Lipinski definition) is 3. The summed E-state index contributed by atoms with van der Waals surface area (Å²) in [7, 11) is 0. The molecule has 0 heterocycles. The van der Waals surface area contributed by atoms with Crippen molar-refractivity contribution in [3.05, 3.63) is 43.9 Å². The van der Waals surface area contributed by atoms with Gasteiger partial charge in [0.15, 0.2) is 5.03 Å². The molecule has 1 rings (SSSR count). The van der Waals surface area contributed by atoms with Crippen molar-refractivity contribution in [3.8, 4) is 0 Å². The Morgan fingerprint density at radius 3 is 2.88 bits per heavy atom. The molecule has 0 atom stereocenters. The zero-order valence-corrected chi connectivity index (χ0v) is 9.87. The topological polar surface area (TPSA) is 108 Å². The molecule has 0 amide bonds. The third-order valence-electron chi connectivity index (χ3n) is 1.57. The first-order valence-corrected chi connectivity index (χ1v) is 5.02. The van der Waals surface area contributed by atoms with Gasteiger partial charge >= 0.3 is 5.96 Å². The Morgan fingerprint density at radius 2 is 2.29 bits per heavy atom. The Balaban J connectivity index is 2.74. The van der Waals surface area contributed by atoms with Gasteiger partial charge in [-0.05, 0) is 18.2 Å². The molecule has 4 N–H and O–H groups in total. The summed E-state index contributed by atoms with van der Waals surface area (Å²) in [5, 5.41) is 16.0. The van der Waals surface area contributed by atoms with Gasteiger partial charge in [-0.1, -0.05) is 28.6 Å². The highest BCUT2D eigenvalue weighted by Crippen LogP contribution is 2.18. The van der Waals surface area contributed by atoms with E-state index in [-0.39, 0.29) is 5.96 Å². The summed E-state index contributed by atoms with van der Waals surface area (Å²) >= 11 is 11.6. The van der Waals surface area contributed by atoms with Gasteiger partial charge in [-0.25, -0.2) is 10.1 Å². The van der Waals surface area contributed by atoms with Gasteiger partial charge in [-0.15, -0.1) is 5.10 Å². The second kappa shape index (κ2) is 6.02. The molecule has 0 aliphatic rings. The first kappa shape index (κ1) is 13.2. The Kier molecular flexibility index (Phi) is 4.68. The third kappa shape index (κ3) is 4.66. The normalized spacial score (nSPS) is 11.8. The van der Waals surface area contributed by atoms with Crippen LogP contribution in [0.4, 0.5) is 0 Å². The molecule has 0 radical (unpaired) electrons. The quantitative estimate of drug-likeness (QED) is 0.299. The lowest BCUT2D eigenvalue weighted by atomic mass is 10.2. The highest BCUT2D eigenvalue weighted by atomic mass is 35.5. The number of nitrogens with zero attached hydrogens (tertiary/aromatic N) is 2. The minimum atomic E-state index is -0.824. The molecule has 0 aliphatic carbocycles. The van der Waals surface area contributed by atoms with Gasteiger partial charge in [0.1, 0.15) is 0 Å². The molecular formula is C8H8Cl2N5O2+. The van der Waals surface area contributed by atoms with E-state index in [1.165, 1.54) is 6.21 Å². The van der Waals surface area contributed by atoms with E-state index in [1.807, 2.05) is 0 Å². The van der Waals surface area contributed by atoms with Crippen LogP contribution in [-0.4, -0.2) is 17.2 Å². The monoisotopic (exact) mass is 276 g/mol. The van der Waals surface area contributed by atoms with E-state index in [4.69, 9.17) is 28.9 Å². The second-order valence-electron chi connectivity index (χ2n) is 2.81. The smallest absolute Gasteiger partial charge is 0.319 e. The lowest BCUT2D eigenvalue weighted by molar-refractivity contribution is -0.528. The van der Waals surface area contributed by atoms with Crippen LogP contribution in [-0.2, 0) is 0 Å². The van der Waals surface area contributed by atoms with Crippen molar-refractivity contribution in [2.45, 2.75) is 0 Å². The maximum Gasteiger partial charge on any atom is 0.319 e. The van der Waals surface area contributed by atoms with Crippen LogP contribution in [0.2, 0.25) is 10.0 Å². The van der Waals surface area contributed by atoms with Crippen molar-refractivity contribution in [1.82, 2.24) is 5.43 Å². The molecule has 1 aromatic carbocycles. The number of benzene rings is 1. The molecule has 0 saturated heterocycles. The van der Waals surface area contributed by atoms with Crippen LogP contribution in [0.15, 0.2) is 23.3 Å². The molecule has 0 aliphatic heterocycles. The lowest BCUT2D eigenvalue weighted by Crippen LogP contribution is -2.64. The summed E-state index contributed by atoms with van der Waals surface area (Å²) < 4.78 is 0. The van der Waals surface area contributed by atoms with Gasteiger partial charge in [0.05, 0.1) is 10.6 Å². The van der Waals surface area contributed by atoms with E-state index < -0.39 is 5.03 Å². The van der Waals surface area contributed by atoms with Crippen molar-refractivity contribution in [2.24, 2.45) is 10.8 Å². The van der Waals surface area contributed by atoms with Gasteiger partial charge in [0, 0.05) is 10.1 Å². The number of hydrazine groups is 1. The van der Waals surface area contributed by atoms with Crippen molar-refractivity contribution in [1.29, 1.82) is 0 Å². The molecule has 7 nitrogen and oxygen atoms in total. The van der Waals surface area contributed by atoms with Crippen LogP contribution < -0.4 is 16.3 Å². The van der Waals surface area contributed by atoms with Crippen LogP contribution in [0.25, 0.3) is 0 Å². The van der Waals surface area contributed by atoms with E-state index in [0.29, 0.717) is 15.6 Å². The Bertz CT molecular complexity index is 489. The summed E-state index contributed by atoms with van der Waals surface area (Å²) in [6.45, 7) is 0. The first-order chi connectivity index (χ1) is 7.99. The van der Waals surface area contributed by atoms with Crippen LogP contribution in [0.3, 0.4) is 0 Å². The highest BCUT2D eigenvalue weighted by Gasteiger charge is 2.02. The maximum atomic E-state index is 9.99. The van der Waals surface area contributed by atoms with Crippen molar-refractivity contribution in [3.63, 3.8) is 0 Å². The van der Waals surface area contributed by atoms with Gasteiger partial charge in [0.2, 0.25) is 6.21 Å². The van der Waals surface area contributed by atoms with Crippen LogP contribution in [0.1, 0.15) is 5.56 Å². The number of nitrogens with one attached hydrogen (secondary N) is 2. The molecule has 1 aromatic rings. The lowest BCUT2D eigenvalue weighted by Gasteiger charge is -1.94. The van der Waals surface area contributed by atoms with Crippen molar-refractivity contribution < 1.29 is 10.1 Å². The summed E-state index contributed by atoms with van der Waals surface area (Å²) in [5.41, 5.74) is 7.45. The predicted octanol–water partition coefficient (Wildman–Crippen LogP) is -0.496. The largest absolute Gasteiger partial charge is 0.360 e. The molecule has 17 heavy (non-hydrogen) atoms. The SMILES string of the molecule is NC(=N/[NH+]=C\c1ccc(Cl)cc1Cl)N[N+](=O)[O-]. The second-order valence-corrected chi connectivity index (χ2v) is 3.65. The molecule has 0 bridgehead atoms. The Morgan fingerprint density at radius 1 is 1.59 bits per heavy atom. The minimum absolute atomic E-state index is 0.378. The zero-order chi connectivity index (χ0) is 12.8. The molecule has 0 unspecified atom stereocenters. The van der Waals surface area contributed by atoms with Gasteiger partial charge < -0.3 is 5.73 Å². The molecule has 0 fully saturated rings. The first-order valence-electron chi connectivity index (χ1n) is 4.27. The van der Waals surface area contributed by atoms with Crippen molar-refractivity contribution in [2.75, 3.05) is 0 Å². The van der Waals surface area contributed by atoms with Gasteiger partial charge in [-0.3, -0.25) is 0 Å². The Labute approximate surface area is 106 Å². The van der Waals surface area contributed by atoms with Gasteiger partial charge in [0.25, 0.3) is 0 Å². The van der Waals surface area contributed by atoms with E-state index in [2.05, 4.69) is 10.2 Å². The van der Waals surface area contributed by atoms with Crippen LogP contribution >= 0.6 is 23.2 Å². The van der Waals surface area contributed by atoms with Crippen LogP contribution in [0.5, 0.6) is 0 Å². The Hall–Kier alpha value is -1.86. The number of nitro groups is 1. The fourth-order valence-electron chi connectivity index (χ4n) is 0.908. The molecule has 0 saturated carbocycles. The van der Waals surface area contributed by atoms with Crippen LogP contribution in [0, 0.1) is 10.1 Å². The predicted molar refractivity (Wildman–Crippen MR) is 64.3 cm³/mol. The molecule has 90 valence electrons. The fourth-order valence-corrected chi connectivity index (χ4v) is 1.37. The number of hydrazone groups is 1. The summed E-state index contributed by atoms with van der Waals surface area (Å²) in [5.74, 6) is -0.378. The van der Waals surface area contributed by atoms with E-state index in [1.54, 1.807) is 23.6 Å². The average molecular weight is 277 g/mol. The standard InChI is InChI=1S/C8H7Cl2N5O2/c9-6-2-1-5(7(10)3-6)4-12-13-8(11)14-15(16)17/h1-4H,(H3,11,13,14)/p+1/b12-4-. The van der Waals surface area contributed by atoms with Crippen molar-refractivity contribution >= 4 is 35.4 Å². The van der Waals surface area contributed by atoms with E-state index in [0.717, 1.165) is 0 Å². The number of guanidine groups is 1. The summed E-state index contributed by atoms with van der Waals surface area (Å²) in [6.07, 6.45) is 1.42. The number of hydrogen-bond acceptors (Lipinski definition) is 3. The molecule has 0 aromatic heterocycles. The fraction of sp³-hybridized carbons (Fsp3) is 0. The highest BCUT2D eigenvalue weighted by molar-refractivity contribution is 6.36. The van der Waals surface area contributed by atoms with Gasteiger partial charge in [-0.2, -0.15) is 0 Å². The number of halogens is 2. The third-order valence-corrected chi connectivity index (χ3v) is 2.14. The average Bonchev–Trinajstić information content (AvgIpc) is 2.20. The van der Waals surface area contributed by atoms with E-state index >= 15 is 0 Å². The maximum absolute atomic E-state index is 9.99. The number of nitrogens with two attached hydrogens (primary N) is 1. The molecule has 0 spiro atoms. The molecular weight excluding hydrogens is 269 g/mol.